The first-order chi connectivity index (χ1) is 8.78. The van der Waals surface area contributed by atoms with Crippen LogP contribution in [-0.2, 0) is 4.74 Å². The topological polar surface area (TPSA) is 50.4 Å². The molecule has 4 heteroatoms. The number of amides is 1. The molecule has 0 atom stereocenters. The number of ether oxygens (including phenoxy) is 1. The third kappa shape index (κ3) is 3.65. The Kier molecular flexibility index (Phi) is 4.45. The zero-order valence-electron chi connectivity index (χ0n) is 10.7. The van der Waals surface area contributed by atoms with Crippen LogP contribution in [0, 0.1) is 5.92 Å². The molecule has 4 nitrogen and oxygen atoms in total. The van der Waals surface area contributed by atoms with E-state index in [4.69, 9.17) is 0 Å². The molecule has 0 radical (unpaired) electrons. The lowest BCUT2D eigenvalue weighted by Gasteiger charge is -2.12. The molecule has 0 saturated heterocycles. The number of hydrogen-bond acceptors (Lipinski definition) is 3. The third-order valence-corrected chi connectivity index (χ3v) is 3.39. The first-order valence-electron chi connectivity index (χ1n) is 6.47. The molecule has 0 bridgehead atoms. The highest BCUT2D eigenvalue weighted by atomic mass is 16.5. The fourth-order valence-corrected chi connectivity index (χ4v) is 2.32. The van der Waals surface area contributed by atoms with Gasteiger partial charge in [-0.2, -0.15) is 0 Å². The molecule has 1 saturated carbocycles. The van der Waals surface area contributed by atoms with Gasteiger partial charge in [-0.15, -0.1) is 0 Å². The van der Waals surface area contributed by atoms with Crippen LogP contribution < -0.4 is 10.6 Å². The molecule has 0 aromatic heterocycles. The van der Waals surface area contributed by atoms with Gasteiger partial charge in [0.1, 0.15) is 0 Å². The van der Waals surface area contributed by atoms with Crippen LogP contribution in [0.25, 0.3) is 0 Å². The molecular weight excluding hydrogens is 228 g/mol. The summed E-state index contributed by atoms with van der Waals surface area (Å²) in [5.41, 5.74) is 1.84. The van der Waals surface area contributed by atoms with Crippen molar-refractivity contribution in [1.29, 1.82) is 0 Å². The second-order valence-electron chi connectivity index (χ2n) is 4.73. The highest BCUT2D eigenvalue weighted by Crippen LogP contribution is 2.25. The van der Waals surface area contributed by atoms with Gasteiger partial charge < -0.3 is 10.1 Å². The van der Waals surface area contributed by atoms with Gasteiger partial charge in [0.25, 0.3) is 0 Å². The predicted octanol–water partition coefficient (Wildman–Crippen LogP) is 3.47. The summed E-state index contributed by atoms with van der Waals surface area (Å²) in [4.78, 5) is 11.0. The first-order valence-corrected chi connectivity index (χ1v) is 6.47. The molecule has 18 heavy (non-hydrogen) atoms. The van der Waals surface area contributed by atoms with Gasteiger partial charge in [-0.1, -0.05) is 12.8 Å². The van der Waals surface area contributed by atoms with E-state index in [0.29, 0.717) is 0 Å². The summed E-state index contributed by atoms with van der Waals surface area (Å²) in [7, 11) is 1.35. The first kappa shape index (κ1) is 12.7. The molecule has 1 aliphatic carbocycles. The Bertz CT molecular complexity index is 383. The summed E-state index contributed by atoms with van der Waals surface area (Å²) >= 11 is 0. The second-order valence-corrected chi connectivity index (χ2v) is 4.73. The fraction of sp³-hybridized carbons (Fsp3) is 0.500. The predicted molar refractivity (Wildman–Crippen MR) is 72.9 cm³/mol. The van der Waals surface area contributed by atoms with Gasteiger partial charge in [-0.05, 0) is 43.0 Å². The van der Waals surface area contributed by atoms with Crippen LogP contribution in [0.3, 0.4) is 0 Å². The lowest BCUT2D eigenvalue weighted by atomic mass is 10.1. The number of nitrogens with one attached hydrogen (secondary N) is 2. The van der Waals surface area contributed by atoms with Crippen LogP contribution in [0.15, 0.2) is 24.3 Å². The molecule has 2 N–H and O–H groups in total. The maximum Gasteiger partial charge on any atom is 0.411 e. The van der Waals surface area contributed by atoms with Crippen LogP contribution in [0.1, 0.15) is 25.7 Å². The van der Waals surface area contributed by atoms with E-state index in [1.165, 1.54) is 32.8 Å². The normalized spacial score (nSPS) is 15.4. The van der Waals surface area contributed by atoms with Crippen molar-refractivity contribution >= 4 is 17.5 Å². The number of carbonyl (C=O) groups excluding carboxylic acids is 1. The molecule has 1 aromatic rings. The van der Waals surface area contributed by atoms with Crippen molar-refractivity contribution in [1.82, 2.24) is 0 Å². The summed E-state index contributed by atoms with van der Waals surface area (Å²) in [5, 5.41) is 6.06. The van der Waals surface area contributed by atoms with Crippen molar-refractivity contribution in [3.8, 4) is 0 Å². The van der Waals surface area contributed by atoms with Crippen LogP contribution >= 0.6 is 0 Å². The Balaban J connectivity index is 1.81. The SMILES string of the molecule is COC(=O)Nc1ccc(NCC2CCCC2)cc1. The van der Waals surface area contributed by atoms with E-state index in [9.17, 15) is 4.79 Å². The van der Waals surface area contributed by atoms with Crippen molar-refractivity contribution in [3.05, 3.63) is 24.3 Å². The number of hydrogen-bond donors (Lipinski definition) is 2. The van der Waals surface area contributed by atoms with Crippen LogP contribution in [0.4, 0.5) is 16.2 Å². The van der Waals surface area contributed by atoms with Gasteiger partial charge in [0, 0.05) is 17.9 Å². The minimum atomic E-state index is -0.443. The highest BCUT2D eigenvalue weighted by Gasteiger charge is 2.14. The average molecular weight is 248 g/mol. The van der Waals surface area contributed by atoms with E-state index in [1.54, 1.807) is 0 Å². The van der Waals surface area contributed by atoms with Gasteiger partial charge >= 0.3 is 6.09 Å². The summed E-state index contributed by atoms with van der Waals surface area (Å²) in [5.74, 6) is 0.817. The zero-order valence-corrected chi connectivity index (χ0v) is 10.7. The minimum absolute atomic E-state index is 0.443. The molecule has 98 valence electrons. The smallest absolute Gasteiger partial charge is 0.411 e. The summed E-state index contributed by atoms with van der Waals surface area (Å²) in [6, 6.07) is 7.68. The van der Waals surface area contributed by atoms with Gasteiger partial charge in [-0.3, -0.25) is 5.32 Å². The summed E-state index contributed by atoms with van der Waals surface area (Å²) in [6.45, 7) is 1.05. The van der Waals surface area contributed by atoms with Gasteiger partial charge in [0.15, 0.2) is 0 Å². The lowest BCUT2D eigenvalue weighted by Crippen LogP contribution is -2.12. The largest absolute Gasteiger partial charge is 0.453 e. The molecule has 0 unspecified atom stereocenters. The van der Waals surface area contributed by atoms with Crippen LogP contribution in [0.5, 0.6) is 0 Å². The van der Waals surface area contributed by atoms with Gasteiger partial charge in [0.05, 0.1) is 7.11 Å². The Morgan fingerprint density at radius 2 is 1.83 bits per heavy atom. The monoisotopic (exact) mass is 248 g/mol. The maximum atomic E-state index is 11.0. The van der Waals surface area contributed by atoms with Crippen molar-refractivity contribution in [3.63, 3.8) is 0 Å². The lowest BCUT2D eigenvalue weighted by molar-refractivity contribution is 0.187. The number of anilines is 2. The van der Waals surface area contributed by atoms with E-state index >= 15 is 0 Å². The summed E-state index contributed by atoms with van der Waals surface area (Å²) < 4.78 is 4.53. The molecule has 2 rings (SSSR count). The quantitative estimate of drug-likeness (QED) is 0.857. The summed E-state index contributed by atoms with van der Waals surface area (Å²) in [6.07, 6.45) is 4.98. The molecular formula is C14H20N2O2. The van der Waals surface area contributed by atoms with E-state index in [0.717, 1.165) is 23.8 Å². The van der Waals surface area contributed by atoms with Crippen LogP contribution in [0.2, 0.25) is 0 Å². The number of rotatable bonds is 4. The van der Waals surface area contributed by atoms with Crippen molar-refractivity contribution in [2.24, 2.45) is 5.92 Å². The molecule has 1 aliphatic rings. The molecule has 1 amide bonds. The number of methoxy groups -OCH3 is 1. The van der Waals surface area contributed by atoms with E-state index < -0.39 is 6.09 Å². The standard InChI is InChI=1S/C14H20N2O2/c1-18-14(17)16-13-8-6-12(7-9-13)15-10-11-4-2-3-5-11/h6-9,11,15H,2-5,10H2,1H3,(H,16,17). The second kappa shape index (κ2) is 6.28. The van der Waals surface area contributed by atoms with E-state index in [1.807, 2.05) is 24.3 Å². The number of carbonyl (C=O) groups is 1. The van der Waals surface area contributed by atoms with Gasteiger partial charge in [-0.25, -0.2) is 4.79 Å². The van der Waals surface area contributed by atoms with E-state index in [2.05, 4.69) is 15.4 Å². The Morgan fingerprint density at radius 1 is 1.22 bits per heavy atom. The van der Waals surface area contributed by atoms with E-state index in [-0.39, 0.29) is 0 Å². The minimum Gasteiger partial charge on any atom is -0.453 e. The van der Waals surface area contributed by atoms with Crippen molar-refractivity contribution in [2.45, 2.75) is 25.7 Å². The maximum absolute atomic E-state index is 11.0. The van der Waals surface area contributed by atoms with Crippen molar-refractivity contribution < 1.29 is 9.53 Å². The highest BCUT2D eigenvalue weighted by molar-refractivity contribution is 5.84. The average Bonchev–Trinajstić information content (AvgIpc) is 2.91. The fourth-order valence-electron chi connectivity index (χ4n) is 2.32. The molecule has 1 aromatic carbocycles. The Labute approximate surface area is 108 Å². The third-order valence-electron chi connectivity index (χ3n) is 3.39. The van der Waals surface area contributed by atoms with Gasteiger partial charge in [0.2, 0.25) is 0 Å². The molecule has 0 aliphatic heterocycles. The number of benzene rings is 1. The Morgan fingerprint density at radius 3 is 2.44 bits per heavy atom. The molecule has 0 spiro atoms. The zero-order chi connectivity index (χ0) is 12.8. The van der Waals surface area contributed by atoms with Crippen LogP contribution in [-0.4, -0.2) is 19.7 Å². The van der Waals surface area contributed by atoms with Crippen molar-refractivity contribution in [2.75, 3.05) is 24.3 Å². The molecule has 0 heterocycles. The Hall–Kier alpha value is -1.71. The molecule has 1 fully saturated rings.